The zero-order chi connectivity index (χ0) is 41.7. The number of anilines is 2. The summed E-state index contributed by atoms with van der Waals surface area (Å²) in [5, 5.41) is 59.5. The number of carbonyl (C=O) groups is 2. The van der Waals surface area contributed by atoms with Gasteiger partial charge in [-0.05, 0) is 87.1 Å². The van der Waals surface area contributed by atoms with Crippen molar-refractivity contribution >= 4 is 88.4 Å². The predicted molar refractivity (Wildman–Crippen MR) is 209 cm³/mol. The summed E-state index contributed by atoms with van der Waals surface area (Å²) in [6.45, 7) is 2.96. The largest absolute Gasteiger partial charge is 3.00 e. The molecule has 0 saturated carbocycles. The normalized spacial score (nSPS) is 14.3. The Labute approximate surface area is 347 Å². The molecular formula is C36H32ClCoN9O9S2+. The third-order valence-corrected chi connectivity index (χ3v) is 11.1. The first-order chi connectivity index (χ1) is 26.9. The Morgan fingerprint density at radius 1 is 0.828 bits per heavy atom. The molecule has 302 valence electrons. The molecule has 4 N–H and O–H groups in total. The van der Waals surface area contributed by atoms with Crippen molar-refractivity contribution in [2.24, 2.45) is 25.6 Å². The molecule has 18 nitrogen and oxygen atoms in total. The molecule has 58 heavy (non-hydrogen) atoms. The van der Waals surface area contributed by atoms with Crippen LogP contribution in [0.2, 0.25) is 5.02 Å². The molecule has 5 aromatic carbocycles. The second kappa shape index (κ2) is 18.6. The van der Waals surface area contributed by atoms with Crippen molar-refractivity contribution in [3.05, 3.63) is 96.0 Å². The van der Waals surface area contributed by atoms with Gasteiger partial charge in [0.15, 0.2) is 6.04 Å². The Morgan fingerprint density at radius 2 is 1.43 bits per heavy atom. The van der Waals surface area contributed by atoms with E-state index in [-0.39, 0.29) is 55.3 Å². The van der Waals surface area contributed by atoms with Crippen molar-refractivity contribution in [1.29, 1.82) is 0 Å². The standard InChI is InChI=1S/C19H18N4O5S.C17H16ClN5O4S.Co/c1-11(24)21-14-5-3-4-12-6-8-17(26)19(18(12)14)23-22-15-10-13(7-9-16(15)25)29(27,28)20-2;1-10-16(17(25)23(22-10)12-5-3-11(18)4-6-12)21-20-14-9-13(7-8-15(14)24)28(26,27)19-2;/h3-10,20,25-26H,1-2H3,(H,21,24);3-9,16,19,24H,1-2H3;/q;;+3/p-2. The number of azo groups is 2. The minimum absolute atomic E-state index is 0. The molecule has 0 spiro atoms. The van der Waals surface area contributed by atoms with Gasteiger partial charge in [0.05, 0.1) is 38.3 Å². The van der Waals surface area contributed by atoms with Gasteiger partial charge in [0.25, 0.3) is 5.91 Å². The van der Waals surface area contributed by atoms with Crippen molar-refractivity contribution in [3.8, 4) is 17.2 Å². The van der Waals surface area contributed by atoms with Gasteiger partial charge in [-0.2, -0.15) is 30.6 Å². The van der Waals surface area contributed by atoms with Crippen LogP contribution in [0.5, 0.6) is 17.2 Å². The summed E-state index contributed by atoms with van der Waals surface area (Å²) in [4.78, 5) is 23.9. The van der Waals surface area contributed by atoms with Crippen LogP contribution in [-0.4, -0.2) is 59.6 Å². The van der Waals surface area contributed by atoms with Crippen LogP contribution in [-0.2, 0) is 46.4 Å². The van der Waals surface area contributed by atoms with Crippen LogP contribution in [0.15, 0.2) is 126 Å². The Bertz CT molecular complexity index is 2700. The third kappa shape index (κ3) is 10.2. The van der Waals surface area contributed by atoms with Crippen LogP contribution < -0.4 is 30.0 Å². The molecule has 1 unspecified atom stereocenters. The second-order valence-electron chi connectivity index (χ2n) is 11.9. The van der Waals surface area contributed by atoms with Crippen LogP contribution >= 0.6 is 11.6 Å². The molecule has 1 aliphatic heterocycles. The quantitative estimate of drug-likeness (QED) is 0.136. The number of rotatable bonds is 10. The van der Waals surface area contributed by atoms with Crippen molar-refractivity contribution in [3.63, 3.8) is 0 Å². The van der Waals surface area contributed by atoms with E-state index in [9.17, 15) is 41.7 Å². The summed E-state index contributed by atoms with van der Waals surface area (Å²) >= 11 is 5.86. The molecule has 0 aliphatic carbocycles. The van der Waals surface area contributed by atoms with Crippen molar-refractivity contribution < 1.29 is 58.5 Å². The van der Waals surface area contributed by atoms with Gasteiger partial charge in [0.1, 0.15) is 11.4 Å². The number of fused-ring (bicyclic) bond motifs is 1. The van der Waals surface area contributed by atoms with Crippen LogP contribution in [0.4, 0.5) is 28.4 Å². The van der Waals surface area contributed by atoms with E-state index in [0.717, 1.165) is 24.3 Å². The van der Waals surface area contributed by atoms with Gasteiger partial charge in [-0.1, -0.05) is 53.4 Å². The number of benzene rings is 5. The molecule has 22 heteroatoms. The maximum absolute atomic E-state index is 12.6. The van der Waals surface area contributed by atoms with E-state index >= 15 is 0 Å². The zero-order valence-corrected chi connectivity index (χ0v) is 34.1. The maximum atomic E-state index is 12.6. The molecule has 6 rings (SSSR count). The summed E-state index contributed by atoms with van der Waals surface area (Å²) in [7, 11) is -4.99. The number of hydrogen-bond acceptors (Lipinski definition) is 14. The molecule has 0 fully saturated rings. The summed E-state index contributed by atoms with van der Waals surface area (Å²) in [6.07, 6.45) is 0. The maximum Gasteiger partial charge on any atom is 3.00 e. The number of aromatic hydroxyl groups is 1. The van der Waals surface area contributed by atoms with Gasteiger partial charge in [0, 0.05) is 17.3 Å². The number of phenolic OH excluding ortho intramolecular Hbond substituents is 1. The topological polar surface area (TPSA) is 270 Å². The number of hydrogen-bond donors (Lipinski definition) is 4. The zero-order valence-electron chi connectivity index (χ0n) is 30.7. The minimum Gasteiger partial charge on any atom is -0.871 e. The Balaban J connectivity index is 0.000000252. The van der Waals surface area contributed by atoms with Gasteiger partial charge in [-0.3, -0.25) is 9.59 Å². The van der Waals surface area contributed by atoms with Crippen LogP contribution in [0, 0.1) is 0 Å². The van der Waals surface area contributed by atoms with Gasteiger partial charge < -0.3 is 20.6 Å². The number of phenols is 1. The van der Waals surface area contributed by atoms with E-state index < -0.39 is 43.5 Å². The fourth-order valence-electron chi connectivity index (χ4n) is 5.14. The third-order valence-electron chi connectivity index (χ3n) is 8.03. The smallest absolute Gasteiger partial charge is 0.871 e. The molecular weight excluding hydrogens is 861 g/mol. The second-order valence-corrected chi connectivity index (χ2v) is 16.1. The Kier molecular flexibility index (Phi) is 14.4. The van der Waals surface area contributed by atoms with Crippen molar-refractivity contribution in [2.75, 3.05) is 24.4 Å². The SMILES string of the molecule is CNS(=O)(=O)c1ccc(O)c(N=NC2C(=O)N(c3ccc(Cl)cc3)N=C2C)c1.CNS(=O)(=O)c1ccc([O-])c(N=Nc2c([O-])ccc3cccc(NC(C)=O)c23)c1.[Co+3]. The number of sulfonamides is 2. The molecule has 1 atom stereocenters. The van der Waals surface area contributed by atoms with E-state index in [4.69, 9.17) is 11.6 Å². The molecule has 0 radical (unpaired) electrons. The first-order valence-electron chi connectivity index (χ1n) is 16.4. The molecule has 5 aromatic rings. The summed E-state index contributed by atoms with van der Waals surface area (Å²) in [6, 6.07) is 20.4. The molecule has 1 heterocycles. The van der Waals surface area contributed by atoms with Crippen molar-refractivity contribution in [1.82, 2.24) is 9.44 Å². The first kappa shape index (κ1) is 44.9. The molecule has 0 aromatic heterocycles. The van der Waals surface area contributed by atoms with Crippen LogP contribution in [0.25, 0.3) is 10.8 Å². The Morgan fingerprint density at radius 3 is 2.05 bits per heavy atom. The summed E-state index contributed by atoms with van der Waals surface area (Å²) < 4.78 is 52.0. The molecule has 2 amide bonds. The van der Waals surface area contributed by atoms with Gasteiger partial charge in [-0.15, -0.1) is 0 Å². The monoisotopic (exact) mass is 892 g/mol. The fourth-order valence-corrected chi connectivity index (χ4v) is 6.77. The molecule has 0 saturated heterocycles. The van der Waals surface area contributed by atoms with E-state index in [0.29, 0.717) is 32.9 Å². The van der Waals surface area contributed by atoms with Crippen molar-refractivity contribution in [2.45, 2.75) is 29.7 Å². The van der Waals surface area contributed by atoms with Gasteiger partial charge in [-0.25, -0.2) is 26.3 Å². The van der Waals surface area contributed by atoms with Crippen LogP contribution in [0.1, 0.15) is 13.8 Å². The van der Waals surface area contributed by atoms with E-state index in [1.54, 1.807) is 55.5 Å². The number of amides is 2. The van der Waals surface area contributed by atoms with E-state index in [2.05, 4.69) is 40.3 Å². The average Bonchev–Trinajstić information content (AvgIpc) is 3.46. The summed E-state index contributed by atoms with van der Waals surface area (Å²) in [5.41, 5.74) is 0.902. The number of carbonyl (C=O) groups excluding carboxylic acids is 2. The van der Waals surface area contributed by atoms with Crippen LogP contribution in [0.3, 0.4) is 0 Å². The van der Waals surface area contributed by atoms with Gasteiger partial charge in [0.2, 0.25) is 26.0 Å². The number of nitrogens with zero attached hydrogens (tertiary/aromatic N) is 6. The molecule has 0 bridgehead atoms. The number of halogens is 1. The summed E-state index contributed by atoms with van der Waals surface area (Å²) in [5.74, 6) is -2.05. The fraction of sp³-hybridized carbons (Fsp3) is 0.139. The number of hydrazone groups is 1. The molecule has 1 aliphatic rings. The first-order valence-corrected chi connectivity index (χ1v) is 19.8. The Hall–Kier alpha value is -5.81. The minimum atomic E-state index is -3.78. The van der Waals surface area contributed by atoms with Gasteiger partial charge >= 0.3 is 16.8 Å². The van der Waals surface area contributed by atoms with E-state index in [1.165, 1.54) is 44.2 Å². The predicted octanol–water partition coefficient (Wildman–Crippen LogP) is 5.10. The van der Waals surface area contributed by atoms with E-state index in [1.807, 2.05) is 0 Å². The average molecular weight is 893 g/mol. The number of nitrogens with one attached hydrogen (secondary N) is 3.